The van der Waals surface area contributed by atoms with Crippen LogP contribution in [0.3, 0.4) is 0 Å². The van der Waals surface area contributed by atoms with Gasteiger partial charge in [-0.05, 0) is 35.4 Å². The van der Waals surface area contributed by atoms with Crippen molar-refractivity contribution in [1.29, 1.82) is 0 Å². The summed E-state index contributed by atoms with van der Waals surface area (Å²) < 4.78 is 8.90. The lowest BCUT2D eigenvalue weighted by Gasteiger charge is -2.22. The van der Waals surface area contributed by atoms with Gasteiger partial charge in [0.15, 0.2) is 0 Å². The molecular formula is C38H25N3O. The highest BCUT2D eigenvalue weighted by Crippen LogP contribution is 2.53. The van der Waals surface area contributed by atoms with Crippen molar-refractivity contribution in [2.75, 3.05) is 0 Å². The fourth-order valence-electron chi connectivity index (χ4n) is 6.68. The van der Waals surface area contributed by atoms with Crippen molar-refractivity contribution in [1.82, 2.24) is 14.5 Å². The van der Waals surface area contributed by atoms with Crippen molar-refractivity contribution in [3.63, 3.8) is 0 Å². The monoisotopic (exact) mass is 539 g/mol. The van der Waals surface area contributed by atoms with Gasteiger partial charge in [-0.2, -0.15) is 0 Å². The van der Waals surface area contributed by atoms with E-state index < -0.39 is 0 Å². The summed E-state index contributed by atoms with van der Waals surface area (Å²) in [5, 5.41) is 2.20. The highest BCUT2D eigenvalue weighted by atomic mass is 16.5. The first-order valence-electron chi connectivity index (χ1n) is 14.3. The molecule has 198 valence electrons. The average molecular weight is 540 g/mol. The van der Waals surface area contributed by atoms with Crippen LogP contribution in [-0.4, -0.2) is 14.5 Å². The minimum atomic E-state index is -0.109. The summed E-state index contributed by atoms with van der Waals surface area (Å²) in [6, 6.07) is 44.3. The van der Waals surface area contributed by atoms with Crippen molar-refractivity contribution >= 4 is 27.9 Å². The van der Waals surface area contributed by atoms with Gasteiger partial charge in [-0.15, -0.1) is 0 Å². The molecule has 0 amide bonds. The molecule has 2 atom stereocenters. The fourth-order valence-corrected chi connectivity index (χ4v) is 6.68. The number of nitrogens with zero attached hydrogens (tertiary/aromatic N) is 3. The molecule has 0 bridgehead atoms. The standard InChI is InChI=1S/C38H25N3O/c1-3-11-24(12-4-1)26-19-20-30-33(23-26)41(32-22-21-28-27-15-8-10-18-34(27)42-37(28)35(30)32)38-39-31-17-9-7-16-29(31)36(40-38)25-13-5-2-6-14-25/h1-23,28,37H. The molecule has 0 spiro atoms. The maximum absolute atomic E-state index is 6.67. The lowest BCUT2D eigenvalue weighted by atomic mass is 9.85. The molecule has 0 radical (unpaired) electrons. The number of hydrogen-bond donors (Lipinski definition) is 0. The molecule has 0 N–H and O–H groups in total. The summed E-state index contributed by atoms with van der Waals surface area (Å²) in [6.45, 7) is 0. The predicted molar refractivity (Wildman–Crippen MR) is 169 cm³/mol. The quantitative estimate of drug-likeness (QED) is 0.225. The van der Waals surface area contributed by atoms with E-state index in [9.17, 15) is 0 Å². The van der Waals surface area contributed by atoms with Crippen LogP contribution in [0.25, 0.3) is 56.2 Å². The van der Waals surface area contributed by atoms with Gasteiger partial charge < -0.3 is 4.74 Å². The summed E-state index contributed by atoms with van der Waals surface area (Å²) in [7, 11) is 0. The highest BCUT2D eigenvalue weighted by Gasteiger charge is 2.40. The second-order valence-corrected chi connectivity index (χ2v) is 10.9. The van der Waals surface area contributed by atoms with Crippen LogP contribution in [0.5, 0.6) is 5.75 Å². The summed E-state index contributed by atoms with van der Waals surface area (Å²) in [5.41, 5.74) is 9.79. The third kappa shape index (κ3) is 3.42. The maximum Gasteiger partial charge on any atom is 0.235 e. The van der Waals surface area contributed by atoms with Gasteiger partial charge in [0.2, 0.25) is 5.95 Å². The molecule has 5 aromatic carbocycles. The van der Waals surface area contributed by atoms with Crippen molar-refractivity contribution < 1.29 is 4.74 Å². The smallest absolute Gasteiger partial charge is 0.235 e. The van der Waals surface area contributed by atoms with Crippen LogP contribution in [0.4, 0.5) is 0 Å². The SMILES string of the molecule is C1=CC2c3ccccc3OC2c2c1n(-c1nc(-c3ccccc3)c3ccccc3n1)c1cc(-c3ccccc3)ccc21. The molecule has 4 heteroatoms. The molecule has 0 saturated carbocycles. The Morgan fingerprint density at radius 2 is 1.36 bits per heavy atom. The summed E-state index contributed by atoms with van der Waals surface area (Å²) in [6.07, 6.45) is 4.42. The van der Waals surface area contributed by atoms with Gasteiger partial charge in [0.25, 0.3) is 0 Å². The Labute approximate surface area is 243 Å². The van der Waals surface area contributed by atoms with Crippen molar-refractivity contribution in [2.24, 2.45) is 0 Å². The van der Waals surface area contributed by atoms with E-state index in [0.29, 0.717) is 5.95 Å². The van der Waals surface area contributed by atoms with Crippen LogP contribution in [0.1, 0.15) is 28.8 Å². The molecule has 1 aliphatic carbocycles. The maximum atomic E-state index is 6.67. The lowest BCUT2D eigenvalue weighted by molar-refractivity contribution is 0.224. The molecule has 2 unspecified atom stereocenters. The third-order valence-electron chi connectivity index (χ3n) is 8.60. The summed E-state index contributed by atoms with van der Waals surface area (Å²) in [4.78, 5) is 10.4. The fraction of sp³-hybridized carbons (Fsp3) is 0.0526. The molecule has 2 aliphatic rings. The van der Waals surface area contributed by atoms with Gasteiger partial charge in [-0.1, -0.05) is 115 Å². The molecule has 0 saturated heterocycles. The Morgan fingerprint density at radius 3 is 2.21 bits per heavy atom. The van der Waals surface area contributed by atoms with E-state index in [2.05, 4.69) is 126 Å². The van der Waals surface area contributed by atoms with Crippen LogP contribution < -0.4 is 4.74 Å². The minimum absolute atomic E-state index is 0.109. The Bertz CT molecular complexity index is 2180. The summed E-state index contributed by atoms with van der Waals surface area (Å²) >= 11 is 0. The number of ether oxygens (including phenoxy) is 1. The first-order valence-corrected chi connectivity index (χ1v) is 14.3. The number of para-hydroxylation sites is 2. The topological polar surface area (TPSA) is 39.9 Å². The molecule has 2 aromatic heterocycles. The molecule has 4 nitrogen and oxygen atoms in total. The van der Waals surface area contributed by atoms with E-state index in [-0.39, 0.29) is 12.0 Å². The van der Waals surface area contributed by atoms with Gasteiger partial charge in [-0.25, -0.2) is 9.97 Å². The molecule has 42 heavy (non-hydrogen) atoms. The van der Waals surface area contributed by atoms with Crippen LogP contribution in [0.2, 0.25) is 0 Å². The molecule has 7 aromatic rings. The van der Waals surface area contributed by atoms with Gasteiger partial charge in [0.05, 0.1) is 22.4 Å². The molecule has 0 fully saturated rings. The van der Waals surface area contributed by atoms with Gasteiger partial charge >= 0.3 is 0 Å². The number of hydrogen-bond acceptors (Lipinski definition) is 3. The van der Waals surface area contributed by atoms with Crippen molar-refractivity contribution in [2.45, 2.75) is 12.0 Å². The van der Waals surface area contributed by atoms with E-state index in [4.69, 9.17) is 14.7 Å². The Kier molecular flexibility index (Phi) is 4.99. The van der Waals surface area contributed by atoms with Crippen LogP contribution >= 0.6 is 0 Å². The Hall–Kier alpha value is -5.48. The Balaban J connectivity index is 1.35. The van der Waals surface area contributed by atoms with Crippen molar-refractivity contribution in [3.05, 3.63) is 150 Å². The van der Waals surface area contributed by atoms with E-state index >= 15 is 0 Å². The molecule has 9 rings (SSSR count). The zero-order chi connectivity index (χ0) is 27.6. The normalized spacial score (nSPS) is 16.7. The number of benzene rings is 5. The molecule has 1 aliphatic heterocycles. The highest BCUT2D eigenvalue weighted by molar-refractivity contribution is 5.96. The van der Waals surface area contributed by atoms with E-state index in [1.54, 1.807) is 0 Å². The van der Waals surface area contributed by atoms with Crippen LogP contribution in [0.15, 0.2) is 133 Å². The number of fused-ring (bicyclic) bond motifs is 8. The second kappa shape index (κ2) is 9.02. The predicted octanol–water partition coefficient (Wildman–Crippen LogP) is 9.15. The Morgan fingerprint density at radius 1 is 0.619 bits per heavy atom. The van der Waals surface area contributed by atoms with Gasteiger partial charge in [-0.3, -0.25) is 4.57 Å². The largest absolute Gasteiger partial charge is 0.484 e. The minimum Gasteiger partial charge on any atom is -0.484 e. The number of rotatable bonds is 3. The second-order valence-electron chi connectivity index (χ2n) is 10.9. The van der Waals surface area contributed by atoms with Crippen molar-refractivity contribution in [3.8, 4) is 34.1 Å². The third-order valence-corrected chi connectivity index (χ3v) is 8.60. The van der Waals surface area contributed by atoms with Gasteiger partial charge in [0, 0.05) is 33.4 Å². The average Bonchev–Trinajstić information content (AvgIpc) is 3.60. The first kappa shape index (κ1) is 23.2. The zero-order valence-corrected chi connectivity index (χ0v) is 22.7. The van der Waals surface area contributed by atoms with E-state index in [0.717, 1.165) is 50.1 Å². The van der Waals surface area contributed by atoms with Crippen LogP contribution in [0, 0.1) is 0 Å². The van der Waals surface area contributed by atoms with E-state index in [1.165, 1.54) is 16.7 Å². The van der Waals surface area contributed by atoms with Gasteiger partial charge in [0.1, 0.15) is 11.9 Å². The van der Waals surface area contributed by atoms with Crippen LogP contribution in [-0.2, 0) is 0 Å². The number of aromatic nitrogens is 3. The molecule has 3 heterocycles. The first-order chi connectivity index (χ1) is 20.8. The van der Waals surface area contributed by atoms with E-state index in [1.807, 2.05) is 18.2 Å². The summed E-state index contributed by atoms with van der Waals surface area (Å²) in [5.74, 6) is 1.78. The lowest BCUT2D eigenvalue weighted by Crippen LogP contribution is -2.14. The molecular weight excluding hydrogens is 514 g/mol. The zero-order valence-electron chi connectivity index (χ0n) is 22.7.